The summed E-state index contributed by atoms with van der Waals surface area (Å²) in [5, 5.41) is 3.22. The second kappa shape index (κ2) is 9.49. The predicted molar refractivity (Wildman–Crippen MR) is 98.8 cm³/mol. The van der Waals surface area contributed by atoms with Gasteiger partial charge in [-0.05, 0) is 30.2 Å². The molecule has 1 aromatic heterocycles. The molecule has 2 rings (SSSR count). The van der Waals surface area contributed by atoms with Crippen molar-refractivity contribution in [2.24, 2.45) is 0 Å². The van der Waals surface area contributed by atoms with E-state index in [1.807, 2.05) is 18.2 Å². The third-order valence-electron chi connectivity index (χ3n) is 3.50. The van der Waals surface area contributed by atoms with E-state index in [1.165, 1.54) is 12.3 Å². The van der Waals surface area contributed by atoms with Crippen LogP contribution in [0.5, 0.6) is 11.5 Å². The lowest BCUT2D eigenvalue weighted by Gasteiger charge is -2.12. The Kier molecular flexibility index (Phi) is 7.34. The summed E-state index contributed by atoms with van der Waals surface area (Å²) >= 11 is 11.6. The van der Waals surface area contributed by atoms with Crippen LogP contribution >= 0.6 is 23.2 Å². The zero-order chi connectivity index (χ0) is 18.2. The second-order valence-electron chi connectivity index (χ2n) is 5.37. The maximum Gasteiger partial charge on any atom is 0.253 e. The number of amides is 1. The van der Waals surface area contributed by atoms with E-state index in [1.54, 1.807) is 7.11 Å². The summed E-state index contributed by atoms with van der Waals surface area (Å²) in [5.74, 6) is 1.05. The van der Waals surface area contributed by atoms with Gasteiger partial charge in [0.25, 0.3) is 5.91 Å². The molecule has 5 nitrogen and oxygen atoms in total. The Labute approximate surface area is 157 Å². The van der Waals surface area contributed by atoms with E-state index in [2.05, 4.69) is 17.2 Å². The second-order valence-corrected chi connectivity index (χ2v) is 6.13. The summed E-state index contributed by atoms with van der Waals surface area (Å²) in [6, 6.07) is 7.06. The van der Waals surface area contributed by atoms with Crippen molar-refractivity contribution in [3.8, 4) is 11.5 Å². The highest BCUT2D eigenvalue weighted by Gasteiger charge is 2.10. The average Bonchev–Trinajstić information content (AvgIpc) is 2.62. The predicted octanol–water partition coefficient (Wildman–Crippen LogP) is 4.51. The minimum atomic E-state index is -0.284. The van der Waals surface area contributed by atoms with Gasteiger partial charge < -0.3 is 14.8 Å². The van der Waals surface area contributed by atoms with Gasteiger partial charge in [-0.3, -0.25) is 4.79 Å². The van der Waals surface area contributed by atoms with Crippen LogP contribution < -0.4 is 14.8 Å². The van der Waals surface area contributed by atoms with E-state index < -0.39 is 0 Å². The topological polar surface area (TPSA) is 60.5 Å². The normalized spacial score (nSPS) is 10.4. The van der Waals surface area contributed by atoms with Gasteiger partial charge >= 0.3 is 0 Å². The van der Waals surface area contributed by atoms with Gasteiger partial charge in [0.1, 0.15) is 5.15 Å². The summed E-state index contributed by atoms with van der Waals surface area (Å²) < 4.78 is 11.1. The molecule has 1 N–H and O–H groups in total. The molecular formula is C18H20Cl2N2O3. The molecule has 0 radical (unpaired) electrons. The third-order valence-corrected chi connectivity index (χ3v) is 4.18. The number of nitrogens with one attached hydrogen (secondary N) is 1. The molecule has 2 aromatic rings. The molecule has 0 saturated carbocycles. The number of aromatic nitrogens is 1. The van der Waals surface area contributed by atoms with Crippen LogP contribution in [0.25, 0.3) is 0 Å². The van der Waals surface area contributed by atoms with E-state index in [9.17, 15) is 4.79 Å². The molecule has 1 heterocycles. The zero-order valence-electron chi connectivity index (χ0n) is 14.1. The third kappa shape index (κ3) is 5.51. The van der Waals surface area contributed by atoms with Crippen molar-refractivity contribution >= 4 is 29.1 Å². The Bertz CT molecular complexity index is 738. The Hall–Kier alpha value is -1.98. The van der Waals surface area contributed by atoms with Crippen molar-refractivity contribution in [2.45, 2.75) is 26.3 Å². The maximum absolute atomic E-state index is 12.2. The fraction of sp³-hybridized carbons (Fsp3) is 0.333. The van der Waals surface area contributed by atoms with Crippen LogP contribution in [0.4, 0.5) is 0 Å². The number of benzene rings is 1. The molecule has 0 aliphatic rings. The number of nitrogens with zero attached hydrogens (tertiary/aromatic N) is 1. The number of unbranched alkanes of at least 4 members (excludes halogenated alkanes) is 1. The van der Waals surface area contributed by atoms with Gasteiger partial charge in [0.2, 0.25) is 0 Å². The lowest BCUT2D eigenvalue weighted by atomic mass is 10.2. The first-order valence-corrected chi connectivity index (χ1v) is 8.69. The summed E-state index contributed by atoms with van der Waals surface area (Å²) in [6.45, 7) is 3.09. The van der Waals surface area contributed by atoms with E-state index in [4.69, 9.17) is 32.7 Å². The number of rotatable bonds is 8. The van der Waals surface area contributed by atoms with Crippen LogP contribution in [0, 0.1) is 0 Å². The average molecular weight is 383 g/mol. The molecule has 0 unspecified atom stereocenters. The molecule has 1 amide bonds. The van der Waals surface area contributed by atoms with Gasteiger partial charge in [-0.1, -0.05) is 42.6 Å². The summed E-state index contributed by atoms with van der Waals surface area (Å²) in [5.41, 5.74) is 1.24. The van der Waals surface area contributed by atoms with Crippen LogP contribution in [0.3, 0.4) is 0 Å². The number of carbonyl (C=O) groups excluding carboxylic acids is 1. The fourth-order valence-electron chi connectivity index (χ4n) is 2.10. The highest BCUT2D eigenvalue weighted by Crippen LogP contribution is 2.28. The van der Waals surface area contributed by atoms with Crippen LogP contribution in [0.1, 0.15) is 35.7 Å². The number of halogens is 2. The SMILES string of the molecule is CCCCOc1ccc(CNC(=O)c2cnc(Cl)c(Cl)c2)cc1OC. The van der Waals surface area contributed by atoms with Gasteiger partial charge in [0, 0.05) is 12.7 Å². The molecule has 0 fully saturated rings. The summed E-state index contributed by atoms with van der Waals surface area (Å²) in [7, 11) is 1.59. The van der Waals surface area contributed by atoms with Crippen LogP contribution in [0.15, 0.2) is 30.5 Å². The van der Waals surface area contributed by atoms with Gasteiger partial charge in [-0.25, -0.2) is 4.98 Å². The molecule has 0 atom stereocenters. The van der Waals surface area contributed by atoms with Crippen LogP contribution in [-0.2, 0) is 6.54 Å². The number of methoxy groups -OCH3 is 1. The van der Waals surface area contributed by atoms with Crippen molar-refractivity contribution in [1.29, 1.82) is 0 Å². The first-order chi connectivity index (χ1) is 12.0. The molecule has 0 saturated heterocycles. The number of pyridine rings is 1. The Morgan fingerprint density at radius 2 is 2.04 bits per heavy atom. The largest absolute Gasteiger partial charge is 0.493 e. The number of hydrogen-bond donors (Lipinski definition) is 1. The lowest BCUT2D eigenvalue weighted by Crippen LogP contribution is -2.23. The molecule has 1 aromatic carbocycles. The molecule has 0 aliphatic carbocycles. The summed E-state index contributed by atoms with van der Waals surface area (Å²) in [4.78, 5) is 16.0. The quantitative estimate of drug-likeness (QED) is 0.538. The van der Waals surface area contributed by atoms with Gasteiger partial charge in [0.05, 0.1) is 24.3 Å². The van der Waals surface area contributed by atoms with Gasteiger partial charge in [-0.2, -0.15) is 0 Å². The molecule has 0 aliphatic heterocycles. The highest BCUT2D eigenvalue weighted by molar-refractivity contribution is 6.41. The number of hydrogen-bond acceptors (Lipinski definition) is 4. The molecule has 0 bridgehead atoms. The molecule has 25 heavy (non-hydrogen) atoms. The Morgan fingerprint density at radius 1 is 1.24 bits per heavy atom. The molecular weight excluding hydrogens is 363 g/mol. The smallest absolute Gasteiger partial charge is 0.253 e. The van der Waals surface area contributed by atoms with Crippen molar-refractivity contribution in [3.63, 3.8) is 0 Å². The Balaban J connectivity index is 1.99. The van der Waals surface area contributed by atoms with E-state index >= 15 is 0 Å². The standard InChI is InChI=1S/C18H20Cl2N2O3/c1-3-4-7-25-15-6-5-12(8-16(15)24-2)10-22-18(23)13-9-14(19)17(20)21-11-13/h5-6,8-9,11H,3-4,7,10H2,1-2H3,(H,22,23). The van der Waals surface area contributed by atoms with Crippen molar-refractivity contribution in [3.05, 3.63) is 51.8 Å². The van der Waals surface area contributed by atoms with Crippen molar-refractivity contribution in [1.82, 2.24) is 10.3 Å². The van der Waals surface area contributed by atoms with E-state index in [0.29, 0.717) is 30.2 Å². The first-order valence-electron chi connectivity index (χ1n) is 7.94. The zero-order valence-corrected chi connectivity index (χ0v) is 15.7. The highest BCUT2D eigenvalue weighted by atomic mass is 35.5. The molecule has 0 spiro atoms. The molecule has 7 heteroatoms. The number of ether oxygens (including phenoxy) is 2. The fourth-order valence-corrected chi connectivity index (χ4v) is 2.37. The van der Waals surface area contributed by atoms with Crippen LogP contribution in [-0.4, -0.2) is 24.6 Å². The van der Waals surface area contributed by atoms with Crippen molar-refractivity contribution < 1.29 is 14.3 Å². The van der Waals surface area contributed by atoms with E-state index in [-0.39, 0.29) is 16.1 Å². The Morgan fingerprint density at radius 3 is 2.72 bits per heavy atom. The monoisotopic (exact) mass is 382 g/mol. The summed E-state index contributed by atoms with van der Waals surface area (Å²) in [6.07, 6.45) is 3.43. The minimum Gasteiger partial charge on any atom is -0.493 e. The van der Waals surface area contributed by atoms with Crippen LogP contribution in [0.2, 0.25) is 10.2 Å². The first kappa shape index (κ1) is 19.3. The minimum absolute atomic E-state index is 0.168. The van der Waals surface area contributed by atoms with Crippen molar-refractivity contribution in [2.75, 3.05) is 13.7 Å². The van der Waals surface area contributed by atoms with Gasteiger partial charge in [-0.15, -0.1) is 0 Å². The van der Waals surface area contributed by atoms with E-state index in [0.717, 1.165) is 18.4 Å². The maximum atomic E-state index is 12.2. The lowest BCUT2D eigenvalue weighted by molar-refractivity contribution is 0.0950. The molecule has 134 valence electrons. The number of carbonyl (C=O) groups is 1. The van der Waals surface area contributed by atoms with Gasteiger partial charge in [0.15, 0.2) is 11.5 Å².